The second-order valence-electron chi connectivity index (χ2n) is 6.40. The summed E-state index contributed by atoms with van der Waals surface area (Å²) in [5.41, 5.74) is 1.45. The fourth-order valence-corrected chi connectivity index (χ4v) is 2.62. The van der Waals surface area contributed by atoms with E-state index in [4.69, 9.17) is 16.1 Å². The highest BCUT2D eigenvalue weighted by Crippen LogP contribution is 2.21. The smallest absolute Gasteiger partial charge is 0.274 e. The standard InChI is InChI=1S/C16H19ClN6O2/c1-8(2)5-11-20-16(25-22-11)10(4)19-15(24)13-12(17)14-18-6-9(3)7-23(14)21-13/h6-8,10H,5H2,1-4H3,(H,19,24)/t10-/m1/s1. The van der Waals surface area contributed by atoms with E-state index in [0.717, 1.165) is 5.56 Å². The summed E-state index contributed by atoms with van der Waals surface area (Å²) in [4.78, 5) is 21.0. The highest BCUT2D eigenvalue weighted by molar-refractivity contribution is 6.36. The summed E-state index contributed by atoms with van der Waals surface area (Å²) in [6.07, 6.45) is 4.14. The molecule has 0 unspecified atom stereocenters. The van der Waals surface area contributed by atoms with Crippen LogP contribution in [0.1, 0.15) is 54.6 Å². The molecule has 0 aliphatic heterocycles. The zero-order valence-electron chi connectivity index (χ0n) is 14.4. The monoisotopic (exact) mass is 362 g/mol. The number of nitrogens with zero attached hydrogens (tertiary/aromatic N) is 5. The Morgan fingerprint density at radius 2 is 2.16 bits per heavy atom. The van der Waals surface area contributed by atoms with E-state index in [1.807, 2.05) is 6.92 Å². The van der Waals surface area contributed by atoms with Crippen LogP contribution in [-0.4, -0.2) is 30.6 Å². The van der Waals surface area contributed by atoms with E-state index < -0.39 is 11.9 Å². The molecule has 0 spiro atoms. The second kappa shape index (κ2) is 6.79. The fourth-order valence-electron chi connectivity index (χ4n) is 2.36. The van der Waals surface area contributed by atoms with Crippen LogP contribution in [0.5, 0.6) is 0 Å². The lowest BCUT2D eigenvalue weighted by Crippen LogP contribution is -2.27. The first-order valence-corrected chi connectivity index (χ1v) is 8.36. The van der Waals surface area contributed by atoms with E-state index in [1.54, 1.807) is 19.3 Å². The highest BCUT2D eigenvalue weighted by atomic mass is 35.5. The molecule has 0 aliphatic carbocycles. The highest BCUT2D eigenvalue weighted by Gasteiger charge is 2.23. The van der Waals surface area contributed by atoms with E-state index in [0.29, 0.717) is 29.7 Å². The van der Waals surface area contributed by atoms with Crippen LogP contribution >= 0.6 is 11.6 Å². The van der Waals surface area contributed by atoms with Gasteiger partial charge in [0, 0.05) is 18.8 Å². The maximum Gasteiger partial charge on any atom is 0.274 e. The molecular weight excluding hydrogens is 344 g/mol. The van der Waals surface area contributed by atoms with Crippen LogP contribution in [0.25, 0.3) is 5.65 Å². The summed E-state index contributed by atoms with van der Waals surface area (Å²) < 4.78 is 6.71. The third kappa shape index (κ3) is 3.63. The molecule has 0 saturated heterocycles. The van der Waals surface area contributed by atoms with Crippen LogP contribution < -0.4 is 5.32 Å². The van der Waals surface area contributed by atoms with Crippen LogP contribution in [-0.2, 0) is 6.42 Å². The molecule has 1 atom stereocenters. The Bertz CT molecular complexity index is 917. The molecule has 3 heterocycles. The molecule has 1 N–H and O–H groups in total. The number of carbonyl (C=O) groups excluding carboxylic acids is 1. The fraction of sp³-hybridized carbons (Fsp3) is 0.438. The van der Waals surface area contributed by atoms with Crippen molar-refractivity contribution in [1.29, 1.82) is 0 Å². The van der Waals surface area contributed by atoms with Gasteiger partial charge in [-0.05, 0) is 25.3 Å². The Hall–Kier alpha value is -2.48. The molecule has 132 valence electrons. The van der Waals surface area contributed by atoms with Crippen molar-refractivity contribution in [2.45, 2.75) is 40.2 Å². The number of rotatable bonds is 5. The quantitative estimate of drug-likeness (QED) is 0.749. The Morgan fingerprint density at radius 1 is 1.40 bits per heavy atom. The van der Waals surface area contributed by atoms with Gasteiger partial charge in [-0.25, -0.2) is 9.50 Å². The van der Waals surface area contributed by atoms with Gasteiger partial charge in [-0.3, -0.25) is 4.79 Å². The average Bonchev–Trinajstić information content (AvgIpc) is 3.11. The van der Waals surface area contributed by atoms with Crippen molar-refractivity contribution < 1.29 is 9.32 Å². The molecule has 3 aromatic rings. The minimum atomic E-state index is -0.462. The van der Waals surface area contributed by atoms with Crippen molar-refractivity contribution >= 4 is 23.2 Å². The Morgan fingerprint density at radius 3 is 2.88 bits per heavy atom. The maximum atomic E-state index is 12.5. The van der Waals surface area contributed by atoms with Gasteiger partial charge in [-0.2, -0.15) is 10.1 Å². The van der Waals surface area contributed by atoms with Crippen molar-refractivity contribution in [3.63, 3.8) is 0 Å². The molecule has 0 saturated carbocycles. The first-order valence-electron chi connectivity index (χ1n) is 7.99. The molecule has 0 radical (unpaired) electrons. The van der Waals surface area contributed by atoms with Crippen LogP contribution in [0.4, 0.5) is 0 Å². The number of hydrogen-bond donors (Lipinski definition) is 1. The van der Waals surface area contributed by atoms with Crippen LogP contribution in [0.3, 0.4) is 0 Å². The van der Waals surface area contributed by atoms with Gasteiger partial charge in [0.05, 0.1) is 0 Å². The summed E-state index contributed by atoms with van der Waals surface area (Å²) in [5.74, 6) is 0.960. The minimum absolute atomic E-state index is 0.105. The average molecular weight is 363 g/mol. The number of halogens is 1. The van der Waals surface area contributed by atoms with Crippen LogP contribution in [0.2, 0.25) is 5.02 Å². The second-order valence-corrected chi connectivity index (χ2v) is 6.78. The Balaban J connectivity index is 1.77. The largest absolute Gasteiger partial charge is 0.339 e. The summed E-state index contributed by atoms with van der Waals surface area (Å²) >= 11 is 6.24. The Labute approximate surface area is 149 Å². The van der Waals surface area contributed by atoms with Crippen molar-refractivity contribution in [1.82, 2.24) is 30.1 Å². The predicted octanol–water partition coefficient (Wildman–Crippen LogP) is 2.76. The molecule has 0 aromatic carbocycles. The lowest BCUT2D eigenvalue weighted by Gasteiger charge is -2.08. The number of nitrogens with one attached hydrogen (secondary N) is 1. The summed E-state index contributed by atoms with van der Waals surface area (Å²) in [6, 6.07) is -0.462. The summed E-state index contributed by atoms with van der Waals surface area (Å²) in [5, 5.41) is 11.1. The van der Waals surface area contributed by atoms with Crippen molar-refractivity contribution in [3.8, 4) is 0 Å². The number of amides is 1. The topological polar surface area (TPSA) is 98.2 Å². The maximum absolute atomic E-state index is 12.5. The molecule has 0 aliphatic rings. The lowest BCUT2D eigenvalue weighted by molar-refractivity contribution is 0.0927. The number of fused-ring (bicyclic) bond motifs is 1. The van der Waals surface area contributed by atoms with E-state index in [1.165, 1.54) is 4.52 Å². The van der Waals surface area contributed by atoms with Crippen molar-refractivity contribution in [3.05, 3.63) is 40.4 Å². The van der Waals surface area contributed by atoms with Crippen LogP contribution in [0.15, 0.2) is 16.9 Å². The Kier molecular flexibility index (Phi) is 4.71. The van der Waals surface area contributed by atoms with Gasteiger partial charge in [0.1, 0.15) is 11.1 Å². The summed E-state index contributed by atoms with van der Waals surface area (Å²) in [7, 11) is 0. The molecule has 9 heteroatoms. The van der Waals surface area contributed by atoms with Crippen LogP contribution in [0, 0.1) is 12.8 Å². The lowest BCUT2D eigenvalue weighted by atomic mass is 10.1. The molecule has 0 fully saturated rings. The molecular formula is C16H19ClN6O2. The van der Waals surface area contributed by atoms with E-state index in [-0.39, 0.29) is 10.7 Å². The van der Waals surface area contributed by atoms with Gasteiger partial charge in [-0.1, -0.05) is 30.6 Å². The van der Waals surface area contributed by atoms with Crippen molar-refractivity contribution in [2.24, 2.45) is 5.92 Å². The number of carbonyl (C=O) groups is 1. The molecule has 25 heavy (non-hydrogen) atoms. The zero-order valence-corrected chi connectivity index (χ0v) is 15.2. The molecule has 3 rings (SSSR count). The first kappa shape index (κ1) is 17.3. The third-order valence-corrected chi connectivity index (χ3v) is 3.90. The van der Waals surface area contributed by atoms with E-state index in [2.05, 4.69) is 39.4 Å². The van der Waals surface area contributed by atoms with Gasteiger partial charge in [0.2, 0.25) is 5.89 Å². The molecule has 0 bridgehead atoms. The van der Waals surface area contributed by atoms with Gasteiger partial charge in [0.25, 0.3) is 5.91 Å². The van der Waals surface area contributed by atoms with E-state index in [9.17, 15) is 4.79 Å². The normalized spacial score (nSPS) is 12.7. The van der Waals surface area contributed by atoms with Gasteiger partial charge in [-0.15, -0.1) is 0 Å². The first-order chi connectivity index (χ1) is 11.8. The predicted molar refractivity (Wildman–Crippen MR) is 91.5 cm³/mol. The SMILES string of the molecule is Cc1cnc2c(Cl)c(C(=O)N[C@H](C)c3nc(CC(C)C)no3)nn2c1. The van der Waals surface area contributed by atoms with Crippen molar-refractivity contribution in [2.75, 3.05) is 0 Å². The molecule has 3 aromatic heterocycles. The number of hydrogen-bond acceptors (Lipinski definition) is 6. The third-order valence-electron chi connectivity index (χ3n) is 3.55. The van der Waals surface area contributed by atoms with Gasteiger partial charge in [0.15, 0.2) is 17.2 Å². The van der Waals surface area contributed by atoms with Gasteiger partial charge < -0.3 is 9.84 Å². The number of aromatic nitrogens is 5. The summed E-state index contributed by atoms with van der Waals surface area (Å²) in [6.45, 7) is 7.79. The van der Waals surface area contributed by atoms with E-state index >= 15 is 0 Å². The zero-order chi connectivity index (χ0) is 18.1. The molecule has 8 nitrogen and oxygen atoms in total. The number of aryl methyl sites for hydroxylation is 1. The molecule has 1 amide bonds. The van der Waals surface area contributed by atoms with Gasteiger partial charge >= 0.3 is 0 Å². The minimum Gasteiger partial charge on any atom is -0.339 e.